The van der Waals surface area contributed by atoms with Crippen LogP contribution in [0.4, 0.5) is 27.9 Å². The molecule has 28 heavy (non-hydrogen) atoms. The fraction of sp³-hybridized carbons (Fsp3) is 0.353. The van der Waals surface area contributed by atoms with Gasteiger partial charge in [0.15, 0.2) is 5.65 Å². The van der Waals surface area contributed by atoms with Gasteiger partial charge in [-0.15, -0.1) is 0 Å². The zero-order valence-corrected chi connectivity index (χ0v) is 15.1. The van der Waals surface area contributed by atoms with Crippen LogP contribution in [0.5, 0.6) is 0 Å². The molecule has 2 aromatic heterocycles. The maximum absolute atomic E-state index is 13.4. The van der Waals surface area contributed by atoms with Gasteiger partial charge in [-0.25, -0.2) is 13.5 Å². The Labute approximate surface area is 155 Å². The van der Waals surface area contributed by atoms with Gasteiger partial charge in [0.1, 0.15) is 11.1 Å². The van der Waals surface area contributed by atoms with Gasteiger partial charge < -0.3 is 4.90 Å². The monoisotopic (exact) mass is 401 g/mol. The first-order valence-electron chi connectivity index (χ1n) is 8.15. The van der Waals surface area contributed by atoms with Crippen LogP contribution < -0.4 is 10.5 Å². The molecule has 6 nitrogen and oxygen atoms in total. The van der Waals surface area contributed by atoms with Crippen LogP contribution in [0.3, 0.4) is 0 Å². The van der Waals surface area contributed by atoms with E-state index in [-0.39, 0.29) is 17.0 Å². The van der Waals surface area contributed by atoms with Crippen LogP contribution in [0.15, 0.2) is 29.1 Å². The van der Waals surface area contributed by atoms with E-state index >= 15 is 0 Å². The van der Waals surface area contributed by atoms with E-state index in [0.29, 0.717) is 5.56 Å². The standard InChI is InChI=1S/C17H16F5N5O/c1-8(9-4-6-10(7-5-9)17(20,21)22)27-14-11(12(25-27)13(18)19)15(28)24-16(23-14)26(2)3/h4-8,13H,1-3H3,(H,23,24,28). The molecule has 0 radical (unpaired) electrons. The average Bonchev–Trinajstić information content (AvgIpc) is 3.01. The second kappa shape index (κ2) is 6.88. The van der Waals surface area contributed by atoms with E-state index in [1.165, 1.54) is 17.0 Å². The molecule has 0 fully saturated rings. The maximum Gasteiger partial charge on any atom is 0.416 e. The van der Waals surface area contributed by atoms with Crippen LogP contribution in [0, 0.1) is 0 Å². The lowest BCUT2D eigenvalue weighted by Crippen LogP contribution is -2.20. The molecular formula is C17H16F5N5O. The minimum absolute atomic E-state index is 0.0739. The van der Waals surface area contributed by atoms with Crippen molar-refractivity contribution in [2.45, 2.75) is 25.6 Å². The highest BCUT2D eigenvalue weighted by atomic mass is 19.4. The molecule has 0 aliphatic carbocycles. The Hall–Kier alpha value is -2.98. The summed E-state index contributed by atoms with van der Waals surface area (Å²) in [4.78, 5) is 20.4. The number of H-pyrrole nitrogens is 1. The number of aromatic nitrogens is 4. The van der Waals surface area contributed by atoms with Gasteiger partial charge in [0.25, 0.3) is 12.0 Å². The number of nitrogens with one attached hydrogen (secondary N) is 1. The van der Waals surface area contributed by atoms with Crippen molar-refractivity contribution in [3.63, 3.8) is 0 Å². The van der Waals surface area contributed by atoms with Crippen LogP contribution in [0.1, 0.15) is 36.2 Å². The molecule has 0 saturated heterocycles. The number of fused-ring (bicyclic) bond motifs is 1. The Balaban J connectivity index is 2.17. The van der Waals surface area contributed by atoms with Gasteiger partial charge in [-0.1, -0.05) is 12.1 Å². The summed E-state index contributed by atoms with van der Waals surface area (Å²) in [5.41, 5.74) is -2.00. The molecule has 0 aliphatic rings. The Bertz CT molecular complexity index is 1050. The molecule has 0 spiro atoms. The van der Waals surface area contributed by atoms with Crippen molar-refractivity contribution >= 4 is 17.0 Å². The van der Waals surface area contributed by atoms with Gasteiger partial charge in [0.2, 0.25) is 5.95 Å². The summed E-state index contributed by atoms with van der Waals surface area (Å²) in [6.45, 7) is 1.57. The van der Waals surface area contributed by atoms with E-state index in [9.17, 15) is 26.7 Å². The summed E-state index contributed by atoms with van der Waals surface area (Å²) >= 11 is 0. The van der Waals surface area contributed by atoms with E-state index < -0.39 is 35.5 Å². The van der Waals surface area contributed by atoms with Gasteiger partial charge in [-0.05, 0) is 24.6 Å². The van der Waals surface area contributed by atoms with Crippen molar-refractivity contribution in [2.24, 2.45) is 0 Å². The summed E-state index contributed by atoms with van der Waals surface area (Å²) in [7, 11) is 3.22. The minimum Gasteiger partial charge on any atom is -0.348 e. The Morgan fingerprint density at radius 2 is 1.75 bits per heavy atom. The molecule has 150 valence electrons. The number of benzene rings is 1. The quantitative estimate of drug-likeness (QED) is 0.677. The Morgan fingerprint density at radius 1 is 1.14 bits per heavy atom. The first kappa shape index (κ1) is 19.8. The second-order valence-electron chi connectivity index (χ2n) is 6.41. The third-order valence-corrected chi connectivity index (χ3v) is 4.29. The molecule has 0 aliphatic heterocycles. The van der Waals surface area contributed by atoms with E-state index in [2.05, 4.69) is 15.1 Å². The number of hydrogen-bond acceptors (Lipinski definition) is 4. The average molecular weight is 401 g/mol. The van der Waals surface area contributed by atoms with Gasteiger partial charge in [0, 0.05) is 14.1 Å². The highest BCUT2D eigenvalue weighted by Crippen LogP contribution is 2.32. The molecule has 1 aromatic carbocycles. The summed E-state index contributed by atoms with van der Waals surface area (Å²) in [6, 6.07) is 3.54. The summed E-state index contributed by atoms with van der Waals surface area (Å²) in [5, 5.41) is 3.49. The topological polar surface area (TPSA) is 66.8 Å². The van der Waals surface area contributed by atoms with E-state index in [1.807, 2.05) is 0 Å². The Kier molecular flexibility index (Phi) is 4.86. The van der Waals surface area contributed by atoms with Crippen molar-refractivity contribution in [3.05, 3.63) is 51.4 Å². The minimum atomic E-state index is -4.49. The summed E-state index contributed by atoms with van der Waals surface area (Å²) < 4.78 is 66.2. The predicted molar refractivity (Wildman–Crippen MR) is 92.7 cm³/mol. The third-order valence-electron chi connectivity index (χ3n) is 4.29. The molecule has 3 rings (SSSR count). The SMILES string of the molecule is CC(c1ccc(C(F)(F)F)cc1)n1nc(C(F)F)c2c(=O)[nH]c(N(C)C)nc21. The highest BCUT2D eigenvalue weighted by molar-refractivity contribution is 5.79. The van der Waals surface area contributed by atoms with Crippen LogP contribution in [-0.2, 0) is 6.18 Å². The van der Waals surface area contributed by atoms with Gasteiger partial charge in [-0.3, -0.25) is 9.78 Å². The number of anilines is 1. The van der Waals surface area contributed by atoms with E-state index in [4.69, 9.17) is 0 Å². The van der Waals surface area contributed by atoms with Crippen LogP contribution >= 0.6 is 0 Å². The fourth-order valence-corrected chi connectivity index (χ4v) is 2.79. The smallest absolute Gasteiger partial charge is 0.348 e. The molecule has 1 atom stereocenters. The normalized spacial score (nSPS) is 13.3. The molecular weight excluding hydrogens is 385 g/mol. The van der Waals surface area contributed by atoms with Crippen LogP contribution in [-0.4, -0.2) is 33.8 Å². The van der Waals surface area contributed by atoms with Crippen LogP contribution in [0.2, 0.25) is 0 Å². The molecule has 1 N–H and O–H groups in total. The van der Waals surface area contributed by atoms with Gasteiger partial charge >= 0.3 is 6.18 Å². The highest BCUT2D eigenvalue weighted by Gasteiger charge is 2.31. The predicted octanol–water partition coefficient (Wildman–Crippen LogP) is 3.75. The van der Waals surface area contributed by atoms with Gasteiger partial charge in [-0.2, -0.15) is 23.3 Å². The lowest BCUT2D eigenvalue weighted by atomic mass is 10.1. The molecule has 11 heteroatoms. The molecule has 0 amide bonds. The number of hydrogen-bond donors (Lipinski definition) is 1. The Morgan fingerprint density at radius 3 is 2.25 bits per heavy atom. The summed E-state index contributed by atoms with van der Waals surface area (Å²) in [5.74, 6) is 0.138. The first-order valence-corrected chi connectivity index (χ1v) is 8.15. The fourth-order valence-electron chi connectivity index (χ4n) is 2.79. The van der Waals surface area contributed by atoms with Crippen molar-refractivity contribution in [1.82, 2.24) is 19.7 Å². The largest absolute Gasteiger partial charge is 0.416 e. The molecule has 0 bridgehead atoms. The second-order valence-corrected chi connectivity index (χ2v) is 6.41. The van der Waals surface area contributed by atoms with Crippen molar-refractivity contribution in [3.8, 4) is 0 Å². The maximum atomic E-state index is 13.4. The number of nitrogens with zero attached hydrogens (tertiary/aromatic N) is 4. The number of rotatable bonds is 4. The van der Waals surface area contributed by atoms with Gasteiger partial charge in [0.05, 0.1) is 11.6 Å². The van der Waals surface area contributed by atoms with Crippen LogP contribution in [0.25, 0.3) is 11.0 Å². The molecule has 0 saturated carbocycles. The number of aromatic amines is 1. The third kappa shape index (κ3) is 3.43. The van der Waals surface area contributed by atoms with Crippen molar-refractivity contribution in [2.75, 3.05) is 19.0 Å². The zero-order valence-electron chi connectivity index (χ0n) is 15.1. The molecule has 3 aromatic rings. The molecule has 1 unspecified atom stereocenters. The van der Waals surface area contributed by atoms with Crippen molar-refractivity contribution in [1.29, 1.82) is 0 Å². The zero-order chi connectivity index (χ0) is 20.8. The number of halogens is 5. The molecule has 2 heterocycles. The first-order chi connectivity index (χ1) is 13.0. The van der Waals surface area contributed by atoms with E-state index in [1.54, 1.807) is 21.0 Å². The van der Waals surface area contributed by atoms with E-state index in [0.717, 1.165) is 16.8 Å². The summed E-state index contributed by atoms with van der Waals surface area (Å²) in [6.07, 6.45) is -7.50. The van der Waals surface area contributed by atoms with Crippen molar-refractivity contribution < 1.29 is 22.0 Å². The lowest BCUT2D eigenvalue weighted by molar-refractivity contribution is -0.137. The number of alkyl halides is 5. The lowest BCUT2D eigenvalue weighted by Gasteiger charge is -2.16.